The van der Waals surface area contributed by atoms with Gasteiger partial charge in [-0.1, -0.05) is 6.92 Å². The fourth-order valence-electron chi connectivity index (χ4n) is 2.49. The van der Waals surface area contributed by atoms with Crippen molar-refractivity contribution in [2.24, 2.45) is 5.41 Å². The Balaban J connectivity index is 0.00000264. The molecule has 0 bridgehead atoms. The Hall–Kier alpha value is -1.15. The zero-order valence-corrected chi connectivity index (χ0v) is 15.0. The molecule has 0 aromatic heterocycles. The first-order valence-electron chi connectivity index (χ1n) is 7.39. The van der Waals surface area contributed by atoms with Crippen LogP contribution in [0, 0.1) is 5.41 Å². The maximum Gasteiger partial charge on any atom is 0.251 e. The summed E-state index contributed by atoms with van der Waals surface area (Å²) in [7, 11) is -2.01. The van der Waals surface area contributed by atoms with Crippen LogP contribution in [0.2, 0.25) is 0 Å². The highest BCUT2D eigenvalue weighted by Crippen LogP contribution is 2.27. The highest BCUT2D eigenvalue weighted by Gasteiger charge is 2.28. The molecule has 0 spiro atoms. The van der Waals surface area contributed by atoms with Crippen LogP contribution in [0.1, 0.15) is 30.1 Å². The Morgan fingerprint density at radius 2 is 1.78 bits per heavy atom. The Morgan fingerprint density at radius 3 is 2.30 bits per heavy atom. The van der Waals surface area contributed by atoms with E-state index >= 15 is 0 Å². The summed E-state index contributed by atoms with van der Waals surface area (Å²) in [5, 5.41) is 5.78. The Morgan fingerprint density at radius 1 is 1.22 bits per heavy atom. The number of carbonyl (C=O) groups is 1. The van der Waals surface area contributed by atoms with Crippen molar-refractivity contribution < 1.29 is 13.2 Å². The Kier molecular flexibility index (Phi) is 7.01. The lowest BCUT2D eigenvalue weighted by atomic mass is 9.81. The van der Waals surface area contributed by atoms with Gasteiger partial charge in [-0.05, 0) is 55.6 Å². The number of amides is 1. The molecule has 0 aliphatic carbocycles. The first kappa shape index (κ1) is 19.9. The van der Waals surface area contributed by atoms with E-state index in [2.05, 4.69) is 22.3 Å². The van der Waals surface area contributed by atoms with Crippen molar-refractivity contribution in [2.45, 2.75) is 24.7 Å². The number of piperidine rings is 1. The van der Waals surface area contributed by atoms with Gasteiger partial charge >= 0.3 is 0 Å². The lowest BCUT2D eigenvalue weighted by Gasteiger charge is -2.34. The van der Waals surface area contributed by atoms with Crippen LogP contribution in [0.15, 0.2) is 29.2 Å². The molecule has 3 N–H and O–H groups in total. The third-order valence-electron chi connectivity index (χ3n) is 4.15. The van der Waals surface area contributed by atoms with E-state index in [0.29, 0.717) is 12.1 Å². The Labute approximate surface area is 143 Å². The van der Waals surface area contributed by atoms with E-state index < -0.39 is 10.0 Å². The lowest BCUT2D eigenvalue weighted by molar-refractivity contribution is 0.0963. The summed E-state index contributed by atoms with van der Waals surface area (Å²) < 4.78 is 27.4. The van der Waals surface area contributed by atoms with E-state index in [9.17, 15) is 13.2 Å². The molecular formula is C15H24ClN3O3S. The number of sulfonamides is 1. The molecule has 1 aliphatic rings. The largest absolute Gasteiger partial charge is 0.355 e. The molecule has 1 aromatic carbocycles. The summed E-state index contributed by atoms with van der Waals surface area (Å²) in [5.74, 6) is -0.237. The molecule has 1 aromatic rings. The van der Waals surface area contributed by atoms with Crippen LogP contribution in [0.3, 0.4) is 0 Å². The van der Waals surface area contributed by atoms with Crippen molar-refractivity contribution in [1.29, 1.82) is 0 Å². The minimum Gasteiger partial charge on any atom is -0.355 e. The van der Waals surface area contributed by atoms with Crippen LogP contribution in [-0.4, -0.2) is 41.0 Å². The minimum absolute atomic E-state index is 0. The quantitative estimate of drug-likeness (QED) is 0.733. The van der Waals surface area contributed by atoms with Crippen molar-refractivity contribution in [3.8, 4) is 0 Å². The fraction of sp³-hybridized carbons (Fsp3) is 0.533. The van der Waals surface area contributed by atoms with Crippen molar-refractivity contribution >= 4 is 28.3 Å². The van der Waals surface area contributed by atoms with Gasteiger partial charge in [-0.3, -0.25) is 4.79 Å². The van der Waals surface area contributed by atoms with Gasteiger partial charge in [0.25, 0.3) is 5.91 Å². The van der Waals surface area contributed by atoms with Gasteiger partial charge < -0.3 is 10.6 Å². The highest BCUT2D eigenvalue weighted by atomic mass is 35.5. The molecule has 23 heavy (non-hydrogen) atoms. The molecule has 0 saturated carbocycles. The second-order valence-electron chi connectivity index (χ2n) is 5.99. The first-order chi connectivity index (χ1) is 10.4. The van der Waals surface area contributed by atoms with E-state index in [-0.39, 0.29) is 28.6 Å². The van der Waals surface area contributed by atoms with Crippen LogP contribution >= 0.6 is 12.4 Å². The van der Waals surface area contributed by atoms with Crippen molar-refractivity contribution in [2.75, 3.05) is 26.7 Å². The van der Waals surface area contributed by atoms with Gasteiger partial charge in [0.05, 0.1) is 4.90 Å². The fourth-order valence-corrected chi connectivity index (χ4v) is 3.69. The van der Waals surface area contributed by atoms with E-state index in [1.165, 1.54) is 31.3 Å². The molecule has 1 amide bonds. The highest BCUT2D eigenvalue weighted by molar-refractivity contribution is 7.89. The van der Waals surface area contributed by atoms with Crippen molar-refractivity contribution in [3.05, 3.63) is 29.8 Å². The zero-order chi connectivity index (χ0) is 16.2. The number of rotatable bonds is 5. The maximum atomic E-state index is 12.3. The number of halogens is 1. The van der Waals surface area contributed by atoms with Crippen LogP contribution in [0.25, 0.3) is 0 Å². The second kappa shape index (κ2) is 8.10. The second-order valence-corrected chi connectivity index (χ2v) is 7.76. The van der Waals surface area contributed by atoms with Crippen molar-refractivity contribution in [1.82, 2.24) is 15.4 Å². The number of carbonyl (C=O) groups excluding carboxylic acids is 1. The first-order valence-corrected chi connectivity index (χ1v) is 8.87. The molecule has 1 heterocycles. The zero-order valence-electron chi connectivity index (χ0n) is 13.4. The molecule has 130 valence electrons. The number of hydrogen-bond acceptors (Lipinski definition) is 4. The summed E-state index contributed by atoms with van der Waals surface area (Å²) in [6.07, 6.45) is 1.90. The topological polar surface area (TPSA) is 87.3 Å². The third kappa shape index (κ3) is 5.17. The summed E-state index contributed by atoms with van der Waals surface area (Å²) in [4.78, 5) is 11.6. The van der Waals surface area contributed by atoms with E-state index in [1.807, 2.05) is 0 Å². The SMILES string of the molecule is CNC(=O)c1ccc(S(=O)(=O)NCC2(C)CCNCC2)cc1.Cl. The molecule has 1 aliphatic heterocycles. The van der Waals surface area contributed by atoms with E-state index in [0.717, 1.165) is 25.9 Å². The van der Waals surface area contributed by atoms with Gasteiger partial charge in [-0.2, -0.15) is 0 Å². The standard InChI is InChI=1S/C15H23N3O3S.ClH/c1-15(7-9-17-10-8-15)11-18-22(20,21)13-5-3-12(4-6-13)14(19)16-2;/h3-6,17-18H,7-11H2,1-2H3,(H,16,19);1H. The number of benzene rings is 1. The molecule has 1 saturated heterocycles. The molecular weight excluding hydrogens is 338 g/mol. The van der Waals surface area contributed by atoms with Crippen LogP contribution in [0.5, 0.6) is 0 Å². The molecule has 8 heteroatoms. The van der Waals surface area contributed by atoms with Gasteiger partial charge in [-0.15, -0.1) is 12.4 Å². The predicted molar refractivity (Wildman–Crippen MR) is 92.5 cm³/mol. The average Bonchev–Trinajstić information content (AvgIpc) is 2.53. The van der Waals surface area contributed by atoms with Crippen LogP contribution in [-0.2, 0) is 10.0 Å². The van der Waals surface area contributed by atoms with Gasteiger partial charge in [-0.25, -0.2) is 13.1 Å². The van der Waals surface area contributed by atoms with E-state index in [4.69, 9.17) is 0 Å². The Bertz CT molecular complexity index is 626. The van der Waals surface area contributed by atoms with Gasteiger partial charge in [0.1, 0.15) is 0 Å². The van der Waals surface area contributed by atoms with Crippen LogP contribution < -0.4 is 15.4 Å². The molecule has 6 nitrogen and oxygen atoms in total. The molecule has 2 rings (SSSR count). The van der Waals surface area contributed by atoms with Crippen molar-refractivity contribution in [3.63, 3.8) is 0 Å². The smallest absolute Gasteiger partial charge is 0.251 e. The number of hydrogen-bond donors (Lipinski definition) is 3. The van der Waals surface area contributed by atoms with Gasteiger partial charge in [0.15, 0.2) is 0 Å². The maximum absolute atomic E-state index is 12.3. The third-order valence-corrected chi connectivity index (χ3v) is 5.57. The molecule has 1 fully saturated rings. The summed E-state index contributed by atoms with van der Waals surface area (Å²) in [6.45, 7) is 4.36. The summed E-state index contributed by atoms with van der Waals surface area (Å²) in [5.41, 5.74) is 0.423. The van der Waals surface area contributed by atoms with Gasteiger partial charge in [0, 0.05) is 19.2 Å². The monoisotopic (exact) mass is 361 g/mol. The summed E-state index contributed by atoms with van der Waals surface area (Å²) in [6, 6.07) is 5.94. The predicted octanol–water partition coefficient (Wildman–Crippen LogP) is 1.14. The number of nitrogens with one attached hydrogen (secondary N) is 3. The average molecular weight is 362 g/mol. The minimum atomic E-state index is -3.55. The lowest BCUT2D eigenvalue weighted by Crippen LogP contribution is -2.42. The molecule has 0 atom stereocenters. The van der Waals surface area contributed by atoms with Gasteiger partial charge in [0.2, 0.25) is 10.0 Å². The molecule has 0 unspecified atom stereocenters. The van der Waals surface area contributed by atoms with E-state index in [1.54, 1.807) is 0 Å². The normalized spacial score (nSPS) is 17.1. The molecule has 0 radical (unpaired) electrons. The summed E-state index contributed by atoms with van der Waals surface area (Å²) >= 11 is 0. The van der Waals surface area contributed by atoms with Crippen LogP contribution in [0.4, 0.5) is 0 Å².